The highest BCUT2D eigenvalue weighted by molar-refractivity contribution is 8.24. The standard InChI is InChI=1S/C18H28N4O5S/c1-18(2,3)22(17(23)24)12-8-7-11(9-12)10-27-14-6-4-5-13-15(14)16(19)21-28(25,26)20-13/h4-6,11-12,20,25-26H,7-10H2,1-3H3,(H2,19,21)(H,23,24). The third-order valence-electron chi connectivity index (χ3n) is 5.04. The second-order valence-electron chi connectivity index (χ2n) is 8.24. The van der Waals surface area contributed by atoms with Crippen molar-refractivity contribution < 1.29 is 23.7 Å². The minimum atomic E-state index is -3.34. The highest BCUT2D eigenvalue weighted by atomic mass is 32.3. The molecule has 0 saturated heterocycles. The van der Waals surface area contributed by atoms with Gasteiger partial charge in [0, 0.05) is 11.6 Å². The van der Waals surface area contributed by atoms with Gasteiger partial charge in [-0.15, -0.1) is 4.40 Å². The number of hydrogen-bond donors (Lipinski definition) is 5. The number of amides is 1. The summed E-state index contributed by atoms with van der Waals surface area (Å²) in [6.07, 6.45) is 1.52. The summed E-state index contributed by atoms with van der Waals surface area (Å²) in [7, 11) is -3.34. The van der Waals surface area contributed by atoms with Crippen LogP contribution in [0.1, 0.15) is 45.6 Å². The maximum atomic E-state index is 11.7. The number of nitrogens with two attached hydrogens (primary N) is 1. The molecule has 2 unspecified atom stereocenters. The van der Waals surface area contributed by atoms with Gasteiger partial charge in [0.2, 0.25) is 0 Å². The van der Waals surface area contributed by atoms with Crippen LogP contribution in [0.5, 0.6) is 5.75 Å². The van der Waals surface area contributed by atoms with E-state index in [2.05, 4.69) is 9.12 Å². The van der Waals surface area contributed by atoms with E-state index in [9.17, 15) is 19.0 Å². The summed E-state index contributed by atoms with van der Waals surface area (Å²) in [5, 5.41) is 9.59. The van der Waals surface area contributed by atoms with Gasteiger partial charge in [0.15, 0.2) is 5.84 Å². The average Bonchev–Trinajstić information content (AvgIpc) is 2.97. The average molecular weight is 413 g/mol. The number of ether oxygens (including phenoxy) is 1. The van der Waals surface area contributed by atoms with Crippen LogP contribution in [-0.4, -0.2) is 49.2 Å². The lowest BCUT2D eigenvalue weighted by Gasteiger charge is -2.38. The van der Waals surface area contributed by atoms with E-state index in [1.165, 1.54) is 4.90 Å². The van der Waals surface area contributed by atoms with Crippen LogP contribution < -0.4 is 15.2 Å². The predicted octanol–water partition coefficient (Wildman–Crippen LogP) is 3.72. The zero-order chi connectivity index (χ0) is 20.7. The fourth-order valence-corrected chi connectivity index (χ4v) is 4.86. The van der Waals surface area contributed by atoms with Crippen molar-refractivity contribution >= 4 is 28.6 Å². The Morgan fingerprint density at radius 2 is 2.11 bits per heavy atom. The Labute approximate surface area is 166 Å². The fraction of sp³-hybridized carbons (Fsp3) is 0.556. The Balaban J connectivity index is 1.68. The number of anilines is 1. The molecule has 10 heteroatoms. The summed E-state index contributed by atoms with van der Waals surface area (Å²) in [4.78, 5) is 13.2. The van der Waals surface area contributed by atoms with Crippen LogP contribution in [0.3, 0.4) is 0 Å². The molecule has 0 bridgehead atoms. The Kier molecular flexibility index (Phi) is 5.39. The molecule has 156 valence electrons. The van der Waals surface area contributed by atoms with Crippen LogP contribution in [0, 0.1) is 5.92 Å². The third kappa shape index (κ3) is 4.29. The van der Waals surface area contributed by atoms with Gasteiger partial charge in [0.25, 0.3) is 0 Å². The number of rotatable bonds is 4. The lowest BCUT2D eigenvalue weighted by molar-refractivity contribution is 0.0697. The molecule has 0 radical (unpaired) electrons. The number of carboxylic acid groups (broad SMARTS) is 1. The summed E-state index contributed by atoms with van der Waals surface area (Å²) in [5.41, 5.74) is 6.42. The Morgan fingerprint density at radius 3 is 2.75 bits per heavy atom. The van der Waals surface area contributed by atoms with Gasteiger partial charge in [0.05, 0.1) is 17.9 Å². The van der Waals surface area contributed by atoms with Crippen molar-refractivity contribution in [2.24, 2.45) is 16.0 Å². The number of carbonyl (C=O) groups is 1. The molecule has 0 aromatic heterocycles. The van der Waals surface area contributed by atoms with Crippen LogP contribution in [0.15, 0.2) is 22.6 Å². The molecule has 2 aliphatic rings. The van der Waals surface area contributed by atoms with Crippen molar-refractivity contribution in [3.05, 3.63) is 23.8 Å². The molecular formula is C18H28N4O5S. The van der Waals surface area contributed by atoms with Gasteiger partial charge in [-0.05, 0) is 69.0 Å². The molecule has 2 atom stereocenters. The molecule has 1 heterocycles. The van der Waals surface area contributed by atoms with Crippen molar-refractivity contribution in [2.75, 3.05) is 11.3 Å². The van der Waals surface area contributed by atoms with E-state index in [4.69, 9.17) is 10.5 Å². The Hall–Kier alpha value is -2.17. The first-order valence-electron chi connectivity index (χ1n) is 9.18. The SMILES string of the molecule is CC(C)(C)N(C(=O)O)C1CCC(COc2cccc3c2C(N)=NS(O)(O)N3)C1. The lowest BCUT2D eigenvalue weighted by Crippen LogP contribution is -2.50. The molecule has 1 aliphatic heterocycles. The maximum absolute atomic E-state index is 11.7. The molecule has 1 aromatic rings. The minimum Gasteiger partial charge on any atom is -0.492 e. The number of nitrogens with zero attached hydrogens (tertiary/aromatic N) is 2. The second-order valence-corrected chi connectivity index (χ2v) is 9.67. The van der Waals surface area contributed by atoms with Gasteiger partial charge in [-0.2, -0.15) is 0 Å². The van der Waals surface area contributed by atoms with E-state index < -0.39 is 22.6 Å². The highest BCUT2D eigenvalue weighted by Gasteiger charge is 2.38. The van der Waals surface area contributed by atoms with Crippen molar-refractivity contribution in [1.29, 1.82) is 0 Å². The van der Waals surface area contributed by atoms with Crippen LogP contribution in [0.25, 0.3) is 0 Å². The second kappa shape index (κ2) is 7.34. The highest BCUT2D eigenvalue weighted by Crippen LogP contribution is 2.47. The molecule has 1 fully saturated rings. The van der Waals surface area contributed by atoms with Gasteiger partial charge >= 0.3 is 6.09 Å². The predicted molar refractivity (Wildman–Crippen MR) is 110 cm³/mol. The van der Waals surface area contributed by atoms with Crippen LogP contribution in [0.4, 0.5) is 10.5 Å². The summed E-state index contributed by atoms with van der Waals surface area (Å²) in [6.45, 7) is 6.13. The number of benzene rings is 1. The monoisotopic (exact) mass is 412 g/mol. The van der Waals surface area contributed by atoms with Gasteiger partial charge in [0.1, 0.15) is 5.75 Å². The summed E-state index contributed by atoms with van der Waals surface area (Å²) in [5.74, 6) is 0.745. The van der Waals surface area contributed by atoms with E-state index in [-0.39, 0.29) is 17.8 Å². The first-order chi connectivity index (χ1) is 13.0. The molecule has 1 aromatic carbocycles. The summed E-state index contributed by atoms with van der Waals surface area (Å²) < 4.78 is 31.7. The number of amidine groups is 1. The summed E-state index contributed by atoms with van der Waals surface area (Å²) in [6, 6.07) is 5.14. The smallest absolute Gasteiger partial charge is 0.407 e. The third-order valence-corrected chi connectivity index (χ3v) is 5.98. The molecule has 9 nitrogen and oxygen atoms in total. The Morgan fingerprint density at radius 1 is 1.39 bits per heavy atom. The minimum absolute atomic E-state index is 0.0124. The van der Waals surface area contributed by atoms with Crippen molar-refractivity contribution in [2.45, 2.75) is 51.6 Å². The number of hydrogen-bond acceptors (Lipinski definition) is 7. The van der Waals surface area contributed by atoms with E-state index in [1.54, 1.807) is 18.2 Å². The van der Waals surface area contributed by atoms with E-state index in [0.29, 0.717) is 23.6 Å². The molecule has 1 saturated carbocycles. The van der Waals surface area contributed by atoms with Crippen LogP contribution >= 0.6 is 11.0 Å². The topological polar surface area (TPSA) is 141 Å². The van der Waals surface area contributed by atoms with Crippen molar-refractivity contribution in [3.8, 4) is 5.75 Å². The molecule has 3 rings (SSSR count). The molecule has 1 aliphatic carbocycles. The molecule has 6 N–H and O–H groups in total. The largest absolute Gasteiger partial charge is 0.492 e. The van der Waals surface area contributed by atoms with E-state index >= 15 is 0 Å². The maximum Gasteiger partial charge on any atom is 0.407 e. The first kappa shape index (κ1) is 20.6. The number of nitrogens with one attached hydrogen (secondary N) is 1. The molecule has 28 heavy (non-hydrogen) atoms. The zero-order valence-corrected chi connectivity index (χ0v) is 17.1. The zero-order valence-electron chi connectivity index (χ0n) is 16.3. The molecule has 0 spiro atoms. The van der Waals surface area contributed by atoms with Crippen LogP contribution in [0.2, 0.25) is 0 Å². The van der Waals surface area contributed by atoms with Crippen molar-refractivity contribution in [3.63, 3.8) is 0 Å². The van der Waals surface area contributed by atoms with E-state index in [1.807, 2.05) is 20.8 Å². The normalized spacial score (nSPS) is 24.5. The quantitative estimate of drug-likeness (QED) is 0.507. The van der Waals surface area contributed by atoms with Crippen LogP contribution in [-0.2, 0) is 0 Å². The van der Waals surface area contributed by atoms with E-state index in [0.717, 1.165) is 19.3 Å². The van der Waals surface area contributed by atoms with Gasteiger partial charge < -0.3 is 20.5 Å². The van der Waals surface area contributed by atoms with Crippen molar-refractivity contribution in [1.82, 2.24) is 4.90 Å². The first-order valence-corrected chi connectivity index (χ1v) is 10.7. The summed E-state index contributed by atoms with van der Waals surface area (Å²) >= 11 is 0. The lowest BCUT2D eigenvalue weighted by atomic mass is 10.0. The molecular weight excluding hydrogens is 384 g/mol. The van der Waals surface area contributed by atoms with Gasteiger partial charge in [-0.3, -0.25) is 13.8 Å². The Bertz CT molecular complexity index is 793. The van der Waals surface area contributed by atoms with Gasteiger partial charge in [-0.1, -0.05) is 6.07 Å². The fourth-order valence-electron chi connectivity index (χ4n) is 3.99. The van der Waals surface area contributed by atoms with Gasteiger partial charge in [-0.25, -0.2) is 4.79 Å². The molecule has 1 amide bonds. The number of fused-ring (bicyclic) bond motifs is 1.